The number of amides is 1. The van der Waals surface area contributed by atoms with Gasteiger partial charge in [-0.25, -0.2) is 0 Å². The molecule has 1 fully saturated rings. The van der Waals surface area contributed by atoms with Crippen molar-refractivity contribution in [3.8, 4) is 0 Å². The summed E-state index contributed by atoms with van der Waals surface area (Å²) in [6.45, 7) is 6.97. The maximum atomic E-state index is 11.8. The Morgan fingerprint density at radius 1 is 1.37 bits per heavy atom. The monoisotopic (exact) mass is 270 g/mol. The van der Waals surface area contributed by atoms with Crippen LogP contribution in [0.15, 0.2) is 0 Å². The molecule has 112 valence electrons. The van der Waals surface area contributed by atoms with E-state index in [1.807, 2.05) is 0 Å². The van der Waals surface area contributed by atoms with E-state index in [1.54, 1.807) is 0 Å². The molecular weight excluding hydrogens is 240 g/mol. The molecule has 4 nitrogen and oxygen atoms in total. The predicted octanol–water partition coefficient (Wildman–Crippen LogP) is 1.81. The molecule has 0 aromatic rings. The first-order valence-corrected chi connectivity index (χ1v) is 7.48. The number of carbonyl (C=O) groups excluding carboxylic acids is 1. The van der Waals surface area contributed by atoms with Crippen LogP contribution in [0, 0.1) is 11.3 Å². The second kappa shape index (κ2) is 7.25. The average Bonchev–Trinajstić information content (AvgIpc) is 2.25. The van der Waals surface area contributed by atoms with Crippen molar-refractivity contribution in [3.05, 3.63) is 0 Å². The molecule has 3 unspecified atom stereocenters. The largest absolute Gasteiger partial charge is 0.393 e. The number of nitrogens with two attached hydrogens (primary N) is 1. The van der Waals surface area contributed by atoms with Crippen molar-refractivity contribution in [2.75, 3.05) is 6.54 Å². The van der Waals surface area contributed by atoms with Crippen molar-refractivity contribution < 1.29 is 9.90 Å². The van der Waals surface area contributed by atoms with Crippen LogP contribution >= 0.6 is 0 Å². The fourth-order valence-electron chi connectivity index (χ4n) is 2.84. The van der Waals surface area contributed by atoms with Gasteiger partial charge in [0.25, 0.3) is 0 Å². The minimum atomic E-state index is -0.253. The SMILES string of the molecule is CC(C)(C)CC(N)CC(=O)NCC1CCCCC1O. The number of hydrogen-bond acceptors (Lipinski definition) is 3. The minimum Gasteiger partial charge on any atom is -0.393 e. The molecule has 1 amide bonds. The molecule has 4 N–H and O–H groups in total. The van der Waals surface area contributed by atoms with Crippen LogP contribution in [0.25, 0.3) is 0 Å². The van der Waals surface area contributed by atoms with Crippen LogP contribution in [0.1, 0.15) is 59.3 Å². The topological polar surface area (TPSA) is 75.4 Å². The van der Waals surface area contributed by atoms with Crippen molar-refractivity contribution in [2.45, 2.75) is 71.4 Å². The van der Waals surface area contributed by atoms with E-state index in [1.165, 1.54) is 0 Å². The third-order valence-corrected chi connectivity index (χ3v) is 3.75. The molecule has 1 saturated carbocycles. The molecule has 19 heavy (non-hydrogen) atoms. The highest BCUT2D eigenvalue weighted by molar-refractivity contribution is 5.76. The van der Waals surface area contributed by atoms with Gasteiger partial charge in [-0.3, -0.25) is 4.79 Å². The number of nitrogens with one attached hydrogen (secondary N) is 1. The summed E-state index contributed by atoms with van der Waals surface area (Å²) in [7, 11) is 0. The number of rotatable bonds is 5. The van der Waals surface area contributed by atoms with Crippen LogP contribution < -0.4 is 11.1 Å². The molecule has 0 aromatic heterocycles. The summed E-state index contributed by atoms with van der Waals surface area (Å²) in [5, 5.41) is 12.8. The van der Waals surface area contributed by atoms with Crippen molar-refractivity contribution in [3.63, 3.8) is 0 Å². The van der Waals surface area contributed by atoms with Crippen LogP contribution in [0.3, 0.4) is 0 Å². The van der Waals surface area contributed by atoms with E-state index in [0.29, 0.717) is 13.0 Å². The lowest BCUT2D eigenvalue weighted by Gasteiger charge is -2.28. The number of aliphatic hydroxyl groups excluding tert-OH is 1. The standard InChI is InChI=1S/C15H30N2O2/c1-15(2,3)9-12(16)8-14(19)17-10-11-6-4-5-7-13(11)18/h11-13,18H,4-10,16H2,1-3H3,(H,17,19). The first-order chi connectivity index (χ1) is 8.78. The number of carbonyl (C=O) groups is 1. The smallest absolute Gasteiger partial charge is 0.221 e. The summed E-state index contributed by atoms with van der Waals surface area (Å²) in [5.74, 6) is 0.228. The van der Waals surface area contributed by atoms with E-state index in [0.717, 1.165) is 32.1 Å². The van der Waals surface area contributed by atoms with E-state index in [9.17, 15) is 9.90 Å². The quantitative estimate of drug-likeness (QED) is 0.713. The van der Waals surface area contributed by atoms with Crippen LogP contribution in [0.2, 0.25) is 0 Å². The van der Waals surface area contributed by atoms with Gasteiger partial charge in [0, 0.05) is 24.9 Å². The van der Waals surface area contributed by atoms with Crippen molar-refractivity contribution in [2.24, 2.45) is 17.1 Å². The number of aliphatic hydroxyl groups is 1. The minimum absolute atomic E-state index is 0.00882. The van der Waals surface area contributed by atoms with Gasteiger partial charge >= 0.3 is 0 Å². The molecule has 1 rings (SSSR count). The van der Waals surface area contributed by atoms with E-state index in [2.05, 4.69) is 26.1 Å². The van der Waals surface area contributed by atoms with Gasteiger partial charge < -0.3 is 16.2 Å². The maximum Gasteiger partial charge on any atom is 0.221 e. The second-order valence-corrected chi connectivity index (χ2v) is 7.14. The number of hydrogen-bond donors (Lipinski definition) is 3. The molecule has 0 saturated heterocycles. The molecule has 1 aliphatic rings. The van der Waals surface area contributed by atoms with Gasteiger partial charge in [0.1, 0.15) is 0 Å². The van der Waals surface area contributed by atoms with Gasteiger partial charge in [0.15, 0.2) is 0 Å². The zero-order valence-corrected chi connectivity index (χ0v) is 12.6. The molecule has 0 heterocycles. The van der Waals surface area contributed by atoms with E-state index < -0.39 is 0 Å². The van der Waals surface area contributed by atoms with Crippen LogP contribution in [0.4, 0.5) is 0 Å². The Labute approximate surface area is 117 Å². The maximum absolute atomic E-state index is 11.8. The first kappa shape index (κ1) is 16.4. The average molecular weight is 270 g/mol. The van der Waals surface area contributed by atoms with Crippen molar-refractivity contribution in [1.82, 2.24) is 5.32 Å². The molecule has 0 spiro atoms. The third-order valence-electron chi connectivity index (χ3n) is 3.75. The van der Waals surface area contributed by atoms with Crippen molar-refractivity contribution >= 4 is 5.91 Å². The third kappa shape index (κ3) is 6.92. The first-order valence-electron chi connectivity index (χ1n) is 7.48. The molecule has 4 heteroatoms. The molecule has 3 atom stereocenters. The highest BCUT2D eigenvalue weighted by Crippen LogP contribution is 2.24. The lowest BCUT2D eigenvalue weighted by Crippen LogP contribution is -2.39. The van der Waals surface area contributed by atoms with Crippen LogP contribution in [0.5, 0.6) is 0 Å². The van der Waals surface area contributed by atoms with E-state index >= 15 is 0 Å². The highest BCUT2D eigenvalue weighted by atomic mass is 16.3. The molecule has 0 aromatic carbocycles. The summed E-state index contributed by atoms with van der Waals surface area (Å²) in [6, 6.07) is -0.0868. The fraction of sp³-hybridized carbons (Fsp3) is 0.933. The van der Waals surface area contributed by atoms with E-state index in [4.69, 9.17) is 5.73 Å². The summed E-state index contributed by atoms with van der Waals surface area (Å²) >= 11 is 0. The lowest BCUT2D eigenvalue weighted by atomic mass is 9.86. The molecule has 0 radical (unpaired) electrons. The predicted molar refractivity (Wildman–Crippen MR) is 77.6 cm³/mol. The Morgan fingerprint density at radius 2 is 2.00 bits per heavy atom. The second-order valence-electron chi connectivity index (χ2n) is 7.14. The van der Waals surface area contributed by atoms with Gasteiger partial charge in [-0.05, 0) is 24.7 Å². The molecule has 0 bridgehead atoms. The summed E-state index contributed by atoms with van der Waals surface area (Å²) in [6.07, 6.45) is 5.09. The van der Waals surface area contributed by atoms with E-state index in [-0.39, 0.29) is 29.4 Å². The zero-order chi connectivity index (χ0) is 14.5. The van der Waals surface area contributed by atoms with Crippen LogP contribution in [-0.2, 0) is 4.79 Å². The molecular formula is C15H30N2O2. The fourth-order valence-corrected chi connectivity index (χ4v) is 2.84. The van der Waals surface area contributed by atoms with Gasteiger partial charge in [0.05, 0.1) is 6.10 Å². The normalized spacial score (nSPS) is 25.9. The Hall–Kier alpha value is -0.610. The van der Waals surface area contributed by atoms with Crippen molar-refractivity contribution in [1.29, 1.82) is 0 Å². The Bertz CT molecular complexity index is 286. The lowest BCUT2D eigenvalue weighted by molar-refractivity contribution is -0.122. The zero-order valence-electron chi connectivity index (χ0n) is 12.6. The Kier molecular flexibility index (Phi) is 6.27. The Balaban J connectivity index is 2.23. The van der Waals surface area contributed by atoms with Gasteiger partial charge in [-0.1, -0.05) is 33.6 Å². The van der Waals surface area contributed by atoms with Crippen LogP contribution in [-0.4, -0.2) is 29.7 Å². The summed E-state index contributed by atoms with van der Waals surface area (Å²) in [5.41, 5.74) is 6.14. The Morgan fingerprint density at radius 3 is 2.58 bits per heavy atom. The van der Waals surface area contributed by atoms with Gasteiger partial charge in [-0.2, -0.15) is 0 Å². The highest BCUT2D eigenvalue weighted by Gasteiger charge is 2.24. The molecule has 1 aliphatic carbocycles. The molecule has 0 aliphatic heterocycles. The summed E-state index contributed by atoms with van der Waals surface area (Å²) < 4.78 is 0. The van der Waals surface area contributed by atoms with Gasteiger partial charge in [0.2, 0.25) is 5.91 Å². The summed E-state index contributed by atoms with van der Waals surface area (Å²) in [4.78, 5) is 11.8. The van der Waals surface area contributed by atoms with Gasteiger partial charge in [-0.15, -0.1) is 0 Å².